The molecule has 0 fully saturated rings. The predicted molar refractivity (Wildman–Crippen MR) is 120 cm³/mol. The monoisotopic (exact) mass is 519 g/mol. The second-order valence-electron chi connectivity index (χ2n) is 7.81. The lowest BCUT2D eigenvalue weighted by Gasteiger charge is -2.08. The van der Waals surface area contributed by atoms with Crippen LogP contribution in [0.2, 0.25) is 15.1 Å². The summed E-state index contributed by atoms with van der Waals surface area (Å²) in [5.41, 5.74) is 0.569. The number of hydrogen-bond acceptors (Lipinski definition) is 3. The Labute approximate surface area is 202 Å². The first-order chi connectivity index (χ1) is 15.6. The number of nitrogens with zero attached hydrogens (tertiary/aromatic N) is 4. The van der Waals surface area contributed by atoms with Gasteiger partial charge in [-0.1, -0.05) is 47.3 Å². The van der Waals surface area contributed by atoms with Crippen molar-refractivity contribution < 1.29 is 18.0 Å². The maximum Gasteiger partial charge on any atom is 0.435 e. The average molecular weight is 521 g/mol. The topological polar surface area (TPSA) is 64.7 Å². The molecule has 1 aromatic carbocycles. The maximum absolute atomic E-state index is 13.5. The highest BCUT2D eigenvalue weighted by atomic mass is 35.5. The molecule has 0 bridgehead atoms. The Balaban J connectivity index is 1.49. The van der Waals surface area contributed by atoms with E-state index in [4.69, 9.17) is 34.8 Å². The number of nitrogens with one attached hydrogen (secondary N) is 1. The Bertz CT molecular complexity index is 1190. The van der Waals surface area contributed by atoms with Crippen LogP contribution >= 0.6 is 34.8 Å². The molecule has 6 nitrogen and oxygen atoms in total. The second-order valence-corrected chi connectivity index (χ2v) is 9.03. The Morgan fingerprint density at radius 1 is 1.03 bits per heavy atom. The summed E-state index contributed by atoms with van der Waals surface area (Å²) in [4.78, 5) is 12.6. The molecule has 2 aromatic heterocycles. The van der Waals surface area contributed by atoms with Crippen LogP contribution in [0.1, 0.15) is 41.8 Å². The molecule has 0 saturated carbocycles. The SMILES string of the molecule is O=C(Cn1nc(C(F)(F)F)c2c1CCCCC2)Nc1nn(Cc2ccc(Cl)c(Cl)c2)cc1Cl. The molecule has 12 heteroatoms. The van der Waals surface area contributed by atoms with Crippen molar-refractivity contribution in [3.63, 3.8) is 0 Å². The maximum atomic E-state index is 13.5. The van der Waals surface area contributed by atoms with Crippen LogP contribution in [0.15, 0.2) is 24.4 Å². The van der Waals surface area contributed by atoms with E-state index in [2.05, 4.69) is 15.5 Å². The Morgan fingerprint density at radius 3 is 2.52 bits per heavy atom. The molecular weight excluding hydrogens is 502 g/mol. The van der Waals surface area contributed by atoms with E-state index in [0.717, 1.165) is 23.1 Å². The van der Waals surface area contributed by atoms with E-state index in [9.17, 15) is 18.0 Å². The second kappa shape index (κ2) is 9.56. The van der Waals surface area contributed by atoms with Crippen LogP contribution in [0.5, 0.6) is 0 Å². The van der Waals surface area contributed by atoms with Crippen molar-refractivity contribution in [1.82, 2.24) is 19.6 Å². The van der Waals surface area contributed by atoms with Gasteiger partial charge in [-0.2, -0.15) is 23.4 Å². The summed E-state index contributed by atoms with van der Waals surface area (Å²) in [5, 5.41) is 11.6. The van der Waals surface area contributed by atoms with Gasteiger partial charge in [-0.05, 0) is 43.4 Å². The molecule has 1 aliphatic rings. The lowest BCUT2D eigenvalue weighted by Crippen LogP contribution is -2.22. The van der Waals surface area contributed by atoms with E-state index in [1.165, 1.54) is 10.9 Å². The third-order valence-corrected chi connectivity index (χ3v) is 6.39. The summed E-state index contributed by atoms with van der Waals surface area (Å²) in [6.07, 6.45) is -0.0297. The number of benzene rings is 1. The largest absolute Gasteiger partial charge is 0.435 e. The molecule has 33 heavy (non-hydrogen) atoms. The minimum absolute atomic E-state index is 0.107. The van der Waals surface area contributed by atoms with Gasteiger partial charge in [-0.15, -0.1) is 0 Å². The molecule has 0 aliphatic heterocycles. The summed E-state index contributed by atoms with van der Waals surface area (Å²) in [7, 11) is 0. The molecule has 4 rings (SSSR count). The molecule has 3 aromatic rings. The molecule has 0 radical (unpaired) electrons. The summed E-state index contributed by atoms with van der Waals surface area (Å²) in [5.74, 6) is -0.462. The normalized spacial score (nSPS) is 14.1. The minimum Gasteiger partial charge on any atom is -0.306 e. The number of hydrogen-bond donors (Lipinski definition) is 1. The summed E-state index contributed by atoms with van der Waals surface area (Å²) in [6, 6.07) is 5.14. The van der Waals surface area contributed by atoms with Gasteiger partial charge in [0.1, 0.15) is 11.6 Å². The van der Waals surface area contributed by atoms with E-state index < -0.39 is 17.8 Å². The number of alkyl halides is 3. The number of fused-ring (bicyclic) bond motifs is 1. The lowest BCUT2D eigenvalue weighted by atomic mass is 10.1. The molecular formula is C21H19Cl3F3N5O. The number of aromatic nitrogens is 4. The van der Waals surface area contributed by atoms with Gasteiger partial charge < -0.3 is 5.32 Å². The van der Waals surface area contributed by atoms with Crippen LogP contribution in [0.4, 0.5) is 19.0 Å². The van der Waals surface area contributed by atoms with Crippen molar-refractivity contribution in [3.05, 3.63) is 62.0 Å². The average Bonchev–Trinajstić information content (AvgIpc) is 3.13. The standard InChI is InChI=1S/C21H19Cl3F3N5O/c22-14-7-6-12(8-15(14)23)9-31-10-16(24)20(30-31)28-18(33)11-32-17-5-3-1-2-4-13(17)19(29-32)21(25,26)27/h6-8,10H,1-5,9,11H2,(H,28,30,33). The summed E-state index contributed by atoms with van der Waals surface area (Å²) in [6.45, 7) is -0.0392. The fraction of sp³-hybridized carbons (Fsp3) is 0.381. The van der Waals surface area contributed by atoms with Crippen molar-refractivity contribution in [2.45, 2.75) is 51.4 Å². The van der Waals surface area contributed by atoms with Crippen LogP contribution in [0, 0.1) is 0 Å². The Kier molecular flexibility index (Phi) is 6.93. The Morgan fingerprint density at radius 2 is 1.79 bits per heavy atom. The fourth-order valence-corrected chi connectivity index (χ4v) is 4.42. The zero-order chi connectivity index (χ0) is 23.8. The molecule has 176 valence electrons. The lowest BCUT2D eigenvalue weighted by molar-refractivity contribution is -0.142. The quantitative estimate of drug-likeness (QED) is 0.419. The van der Waals surface area contributed by atoms with E-state index in [-0.39, 0.29) is 22.9 Å². The van der Waals surface area contributed by atoms with Crippen molar-refractivity contribution in [2.75, 3.05) is 5.32 Å². The number of halogens is 6. The van der Waals surface area contributed by atoms with Crippen molar-refractivity contribution >= 4 is 46.5 Å². The van der Waals surface area contributed by atoms with Gasteiger partial charge >= 0.3 is 6.18 Å². The van der Waals surface area contributed by atoms with Gasteiger partial charge in [0.2, 0.25) is 5.91 Å². The number of rotatable bonds is 5. The van der Waals surface area contributed by atoms with Crippen molar-refractivity contribution in [1.29, 1.82) is 0 Å². The van der Waals surface area contributed by atoms with Gasteiger partial charge in [0.25, 0.3) is 0 Å². The third-order valence-electron chi connectivity index (χ3n) is 5.37. The molecule has 1 N–H and O–H groups in total. The number of amides is 1. The molecule has 2 heterocycles. The fourth-order valence-electron chi connectivity index (χ4n) is 3.90. The molecule has 0 spiro atoms. The van der Waals surface area contributed by atoms with E-state index in [0.29, 0.717) is 41.5 Å². The Hall–Kier alpha value is -2.23. The molecule has 0 atom stereocenters. The number of anilines is 1. The highest BCUT2D eigenvalue weighted by Crippen LogP contribution is 2.35. The zero-order valence-corrected chi connectivity index (χ0v) is 19.5. The minimum atomic E-state index is -4.57. The first kappa shape index (κ1) is 23.9. The first-order valence-corrected chi connectivity index (χ1v) is 11.4. The summed E-state index contributed by atoms with van der Waals surface area (Å²) < 4.78 is 43.1. The van der Waals surface area contributed by atoms with E-state index in [1.807, 2.05) is 0 Å². The predicted octanol–water partition coefficient (Wildman–Crippen LogP) is 6.01. The van der Waals surface area contributed by atoms with Crippen LogP contribution < -0.4 is 5.32 Å². The van der Waals surface area contributed by atoms with Gasteiger partial charge in [0.15, 0.2) is 11.5 Å². The van der Waals surface area contributed by atoms with E-state index in [1.54, 1.807) is 18.2 Å². The van der Waals surface area contributed by atoms with Gasteiger partial charge in [0.05, 0.1) is 16.6 Å². The van der Waals surface area contributed by atoms with Crippen LogP contribution in [-0.4, -0.2) is 25.5 Å². The van der Waals surface area contributed by atoms with Crippen molar-refractivity contribution in [2.24, 2.45) is 0 Å². The highest BCUT2D eigenvalue weighted by Gasteiger charge is 2.39. The zero-order valence-electron chi connectivity index (χ0n) is 17.2. The third kappa shape index (κ3) is 5.47. The smallest absolute Gasteiger partial charge is 0.306 e. The van der Waals surface area contributed by atoms with Gasteiger partial charge in [-0.3, -0.25) is 14.2 Å². The van der Waals surface area contributed by atoms with Crippen LogP contribution in [-0.2, 0) is 36.9 Å². The van der Waals surface area contributed by atoms with Crippen LogP contribution in [0.25, 0.3) is 0 Å². The molecule has 0 saturated heterocycles. The van der Waals surface area contributed by atoms with Crippen molar-refractivity contribution in [3.8, 4) is 0 Å². The van der Waals surface area contributed by atoms with Crippen LogP contribution in [0.3, 0.4) is 0 Å². The highest BCUT2D eigenvalue weighted by molar-refractivity contribution is 6.42. The van der Waals surface area contributed by atoms with Gasteiger partial charge in [-0.25, -0.2) is 0 Å². The molecule has 1 amide bonds. The molecule has 1 aliphatic carbocycles. The van der Waals surface area contributed by atoms with Gasteiger partial charge in [0, 0.05) is 17.5 Å². The first-order valence-electron chi connectivity index (χ1n) is 10.2. The summed E-state index contributed by atoms with van der Waals surface area (Å²) >= 11 is 18.2. The molecule has 0 unspecified atom stereocenters. The number of carbonyl (C=O) groups is 1. The number of carbonyl (C=O) groups excluding carboxylic acids is 1. The van der Waals surface area contributed by atoms with E-state index >= 15 is 0 Å².